The summed E-state index contributed by atoms with van der Waals surface area (Å²) in [5.41, 5.74) is 3.37. The van der Waals surface area contributed by atoms with E-state index in [0.29, 0.717) is 10.0 Å². The molecule has 0 aromatic heterocycles. The predicted octanol–water partition coefficient (Wildman–Crippen LogP) is 6.63. The fourth-order valence-corrected chi connectivity index (χ4v) is 2.96. The molecule has 0 saturated heterocycles. The van der Waals surface area contributed by atoms with Crippen LogP contribution in [0.3, 0.4) is 0 Å². The summed E-state index contributed by atoms with van der Waals surface area (Å²) in [7, 11) is 0. The van der Waals surface area contributed by atoms with Crippen LogP contribution in [0.4, 0.5) is 0 Å². The molecule has 2 rings (SSSR count). The molecule has 0 radical (unpaired) electrons. The summed E-state index contributed by atoms with van der Waals surface area (Å²) in [6, 6.07) is 11.8. The van der Waals surface area contributed by atoms with Crippen LogP contribution in [0.25, 0.3) is 0 Å². The van der Waals surface area contributed by atoms with Gasteiger partial charge in [-0.05, 0) is 48.2 Å². The minimum Gasteiger partial charge on any atom is -0.0840 e. The number of benzene rings is 2. The Balaban J connectivity index is 2.17. The SMILES string of the molecule is Cc1ccc(C(Br)Cc2ccc(Cl)c(Cl)c2)cc1Cl. The van der Waals surface area contributed by atoms with Crippen LogP contribution in [0.5, 0.6) is 0 Å². The summed E-state index contributed by atoms with van der Waals surface area (Å²) in [4.78, 5) is 0.197. The van der Waals surface area contributed by atoms with Gasteiger partial charge in [-0.15, -0.1) is 0 Å². The van der Waals surface area contributed by atoms with Gasteiger partial charge in [0.15, 0.2) is 0 Å². The van der Waals surface area contributed by atoms with Crippen molar-refractivity contribution in [2.45, 2.75) is 18.2 Å². The molecule has 0 N–H and O–H groups in total. The molecule has 0 bridgehead atoms. The lowest BCUT2D eigenvalue weighted by atomic mass is 10.0. The number of aryl methyl sites for hydroxylation is 1. The Labute approximate surface area is 136 Å². The molecule has 4 heteroatoms. The molecule has 100 valence electrons. The van der Waals surface area contributed by atoms with Gasteiger partial charge in [0.1, 0.15) is 0 Å². The minimum absolute atomic E-state index is 0.197. The van der Waals surface area contributed by atoms with E-state index in [9.17, 15) is 0 Å². The first-order chi connectivity index (χ1) is 8.97. The molecule has 2 aromatic rings. The average molecular weight is 379 g/mol. The maximum Gasteiger partial charge on any atom is 0.0595 e. The Morgan fingerprint density at radius 3 is 2.32 bits per heavy atom. The van der Waals surface area contributed by atoms with Crippen molar-refractivity contribution in [3.8, 4) is 0 Å². The van der Waals surface area contributed by atoms with Crippen LogP contribution in [-0.2, 0) is 6.42 Å². The van der Waals surface area contributed by atoms with E-state index in [1.807, 2.05) is 37.3 Å². The summed E-state index contributed by atoms with van der Waals surface area (Å²) in [6.45, 7) is 1.99. The average Bonchev–Trinajstić information content (AvgIpc) is 2.37. The van der Waals surface area contributed by atoms with E-state index in [0.717, 1.165) is 28.1 Å². The molecule has 0 aliphatic rings. The van der Waals surface area contributed by atoms with Crippen molar-refractivity contribution in [3.63, 3.8) is 0 Å². The Bertz CT molecular complexity index is 596. The lowest BCUT2D eigenvalue weighted by Gasteiger charge is -2.12. The quantitative estimate of drug-likeness (QED) is 0.526. The second kappa shape index (κ2) is 6.49. The Morgan fingerprint density at radius 2 is 1.68 bits per heavy atom. The first kappa shape index (κ1) is 15.2. The summed E-state index contributed by atoms with van der Waals surface area (Å²) in [6.07, 6.45) is 0.830. The van der Waals surface area contributed by atoms with Gasteiger partial charge in [0, 0.05) is 9.85 Å². The molecule has 0 aliphatic carbocycles. The monoisotopic (exact) mass is 376 g/mol. The highest BCUT2D eigenvalue weighted by molar-refractivity contribution is 9.09. The number of alkyl halides is 1. The zero-order valence-corrected chi connectivity index (χ0v) is 14.1. The summed E-state index contributed by atoms with van der Waals surface area (Å²) in [5, 5.41) is 1.95. The first-order valence-corrected chi connectivity index (χ1v) is 7.86. The van der Waals surface area contributed by atoms with Gasteiger partial charge in [0.05, 0.1) is 10.0 Å². The van der Waals surface area contributed by atoms with Crippen LogP contribution in [0.2, 0.25) is 15.1 Å². The molecule has 0 nitrogen and oxygen atoms in total. The summed E-state index contributed by atoms with van der Waals surface area (Å²) >= 11 is 21.8. The fraction of sp³-hybridized carbons (Fsp3) is 0.200. The van der Waals surface area contributed by atoms with Gasteiger partial charge in [-0.3, -0.25) is 0 Å². The highest BCUT2D eigenvalue weighted by atomic mass is 79.9. The predicted molar refractivity (Wildman–Crippen MR) is 88.0 cm³/mol. The van der Waals surface area contributed by atoms with Crippen molar-refractivity contribution in [3.05, 3.63) is 68.2 Å². The molecule has 0 saturated carbocycles. The molecule has 19 heavy (non-hydrogen) atoms. The smallest absolute Gasteiger partial charge is 0.0595 e. The molecule has 0 fully saturated rings. The third-order valence-corrected chi connectivity index (χ3v) is 4.96. The molecular formula is C15H12BrCl3. The Hall–Kier alpha value is -0.210. The van der Waals surface area contributed by atoms with Gasteiger partial charge in [-0.25, -0.2) is 0 Å². The van der Waals surface area contributed by atoms with E-state index in [1.54, 1.807) is 0 Å². The van der Waals surface area contributed by atoms with Crippen molar-refractivity contribution >= 4 is 50.7 Å². The summed E-state index contributed by atoms with van der Waals surface area (Å²) in [5.74, 6) is 0. The van der Waals surface area contributed by atoms with E-state index in [2.05, 4.69) is 22.0 Å². The van der Waals surface area contributed by atoms with Gasteiger partial charge in [-0.1, -0.05) is 68.9 Å². The Kier molecular flexibility index (Phi) is 5.19. The van der Waals surface area contributed by atoms with Gasteiger partial charge in [-0.2, -0.15) is 0 Å². The van der Waals surface area contributed by atoms with Crippen molar-refractivity contribution in [2.75, 3.05) is 0 Å². The van der Waals surface area contributed by atoms with Crippen LogP contribution >= 0.6 is 50.7 Å². The van der Waals surface area contributed by atoms with Crippen molar-refractivity contribution < 1.29 is 0 Å². The molecular weight excluding hydrogens is 366 g/mol. The van der Waals surface area contributed by atoms with Crippen LogP contribution in [0.1, 0.15) is 21.5 Å². The number of rotatable bonds is 3. The van der Waals surface area contributed by atoms with Gasteiger partial charge < -0.3 is 0 Å². The normalized spacial score (nSPS) is 12.5. The van der Waals surface area contributed by atoms with Crippen LogP contribution in [0.15, 0.2) is 36.4 Å². The maximum absolute atomic E-state index is 6.15. The fourth-order valence-electron chi connectivity index (χ4n) is 1.80. The third kappa shape index (κ3) is 3.88. The first-order valence-electron chi connectivity index (χ1n) is 5.81. The van der Waals surface area contributed by atoms with E-state index in [4.69, 9.17) is 34.8 Å². The third-order valence-electron chi connectivity index (χ3n) is 2.96. The van der Waals surface area contributed by atoms with Crippen molar-refractivity contribution in [1.82, 2.24) is 0 Å². The highest BCUT2D eigenvalue weighted by Crippen LogP contribution is 2.31. The molecule has 0 aliphatic heterocycles. The lowest BCUT2D eigenvalue weighted by molar-refractivity contribution is 0.948. The van der Waals surface area contributed by atoms with Crippen molar-refractivity contribution in [1.29, 1.82) is 0 Å². The van der Waals surface area contributed by atoms with Crippen LogP contribution in [0, 0.1) is 6.92 Å². The number of hydrogen-bond acceptors (Lipinski definition) is 0. The van der Waals surface area contributed by atoms with Gasteiger partial charge in [0.25, 0.3) is 0 Å². The molecule has 1 atom stereocenters. The van der Waals surface area contributed by atoms with Crippen LogP contribution < -0.4 is 0 Å². The Morgan fingerprint density at radius 1 is 0.947 bits per heavy atom. The topological polar surface area (TPSA) is 0 Å². The largest absolute Gasteiger partial charge is 0.0840 e. The molecule has 0 spiro atoms. The zero-order valence-electron chi connectivity index (χ0n) is 10.3. The van der Waals surface area contributed by atoms with Gasteiger partial charge >= 0.3 is 0 Å². The van der Waals surface area contributed by atoms with Crippen molar-refractivity contribution in [2.24, 2.45) is 0 Å². The molecule has 1 unspecified atom stereocenters. The van der Waals surface area contributed by atoms with Crippen LogP contribution in [-0.4, -0.2) is 0 Å². The highest BCUT2D eigenvalue weighted by Gasteiger charge is 2.11. The van der Waals surface area contributed by atoms with E-state index in [-0.39, 0.29) is 4.83 Å². The van der Waals surface area contributed by atoms with E-state index >= 15 is 0 Å². The second-order valence-corrected chi connectivity index (χ2v) is 6.76. The molecule has 0 amide bonds. The number of halogens is 4. The van der Waals surface area contributed by atoms with Gasteiger partial charge in [0.2, 0.25) is 0 Å². The number of hydrogen-bond donors (Lipinski definition) is 0. The zero-order chi connectivity index (χ0) is 14.0. The summed E-state index contributed by atoms with van der Waals surface area (Å²) < 4.78 is 0. The molecule has 0 heterocycles. The van der Waals surface area contributed by atoms with E-state index < -0.39 is 0 Å². The molecule has 2 aromatic carbocycles. The maximum atomic E-state index is 6.15. The minimum atomic E-state index is 0.197. The second-order valence-electron chi connectivity index (χ2n) is 4.43. The standard InChI is InChI=1S/C15H12BrCl3/c1-9-2-4-11(8-14(9)18)12(16)6-10-3-5-13(17)15(19)7-10/h2-5,7-8,12H,6H2,1H3. The van der Waals surface area contributed by atoms with E-state index in [1.165, 1.54) is 0 Å². The lowest BCUT2D eigenvalue weighted by Crippen LogP contribution is -1.96.